The van der Waals surface area contributed by atoms with Crippen molar-refractivity contribution in [3.8, 4) is 0 Å². The summed E-state index contributed by atoms with van der Waals surface area (Å²) in [6.45, 7) is 7.57. The van der Waals surface area contributed by atoms with E-state index >= 15 is 0 Å². The number of fused-ring (bicyclic) bond motifs is 3. The molecule has 32 heavy (non-hydrogen) atoms. The van der Waals surface area contributed by atoms with E-state index in [9.17, 15) is 0 Å². The molecule has 1 heterocycles. The first-order chi connectivity index (χ1) is 15.0. The first-order valence-corrected chi connectivity index (χ1v) is 18.4. The number of para-hydroxylation sites is 4. The fourth-order valence-corrected chi connectivity index (χ4v) is 10.8. The van der Waals surface area contributed by atoms with Crippen LogP contribution in [0.25, 0.3) is 5.32 Å². The number of rotatable bonds is 3. The standard InChI is InChI=1S/C25H29N2Si.CH3.2ClH.Ti/c1-4-18-17-19-11-5-6-12-20(19)25(18)28(2,3)27-23-15-9-7-13-21(23)26-22-14-8-10-16-24(22)27;;;;/h5-16,18-20,25H,4,17H2,1-3H3;1H3;2*1H;/q2*-1;;;+2/p-2. The molecule has 0 bridgehead atoms. The molecule has 5 rings (SSSR count). The molecule has 0 saturated heterocycles. The van der Waals surface area contributed by atoms with Gasteiger partial charge in [-0.3, -0.25) is 0 Å². The first-order valence-electron chi connectivity index (χ1n) is 11.0. The van der Waals surface area contributed by atoms with Crippen LogP contribution >= 0.6 is 18.6 Å². The predicted molar refractivity (Wildman–Crippen MR) is 141 cm³/mol. The van der Waals surface area contributed by atoms with E-state index in [4.69, 9.17) is 23.9 Å². The quantitative estimate of drug-likeness (QED) is 0.292. The second-order valence-corrected chi connectivity index (χ2v) is 16.1. The Kier molecular flexibility index (Phi) is 8.79. The molecule has 4 atom stereocenters. The van der Waals surface area contributed by atoms with E-state index in [1.165, 1.54) is 24.2 Å². The fourth-order valence-electron chi connectivity index (χ4n) is 6.10. The molecule has 170 valence electrons. The van der Waals surface area contributed by atoms with E-state index in [-0.39, 0.29) is 7.43 Å². The molecule has 0 radical (unpaired) electrons. The summed E-state index contributed by atoms with van der Waals surface area (Å²) in [6, 6.07) is 17.4. The molecule has 0 N–H and O–H groups in total. The van der Waals surface area contributed by atoms with Crippen LogP contribution in [0.1, 0.15) is 19.8 Å². The SMILES string of the molecule is CCC1CC2C=CC=CC2C1[Si](C)(C)N1c2ccccc2[N-]c2ccccc21.[CH3-].[Cl][Ti][Cl]. The van der Waals surface area contributed by atoms with Crippen LogP contribution in [-0.2, 0) is 17.0 Å². The van der Waals surface area contributed by atoms with Crippen molar-refractivity contribution < 1.29 is 17.0 Å². The van der Waals surface area contributed by atoms with Crippen molar-refractivity contribution in [1.29, 1.82) is 0 Å². The van der Waals surface area contributed by atoms with Gasteiger partial charge in [0.1, 0.15) is 0 Å². The Hall–Kier alpha value is -0.969. The molecule has 2 aromatic rings. The summed E-state index contributed by atoms with van der Waals surface area (Å²) in [7, 11) is 7.90. The van der Waals surface area contributed by atoms with E-state index < -0.39 is 25.3 Å². The van der Waals surface area contributed by atoms with Crippen LogP contribution in [0.5, 0.6) is 0 Å². The zero-order valence-electron chi connectivity index (χ0n) is 19.3. The third-order valence-electron chi connectivity index (χ3n) is 7.20. The minimum atomic E-state index is -1.88. The first kappa shape index (κ1) is 25.7. The monoisotopic (exact) mass is 518 g/mol. The molecule has 2 aliphatic carbocycles. The number of allylic oxidation sites excluding steroid dienone is 4. The number of halogens is 2. The van der Waals surface area contributed by atoms with Crippen LogP contribution in [0.15, 0.2) is 72.8 Å². The third-order valence-corrected chi connectivity index (χ3v) is 11.3. The summed E-state index contributed by atoms with van der Waals surface area (Å²) < 4.78 is 2.73. The molecule has 1 fully saturated rings. The minimum absolute atomic E-state index is 0. The van der Waals surface area contributed by atoms with Crippen LogP contribution in [0.3, 0.4) is 0 Å². The number of hydrogen-bond donors (Lipinski definition) is 0. The Labute approximate surface area is 211 Å². The van der Waals surface area contributed by atoms with Crippen molar-refractivity contribution >= 4 is 49.6 Å². The summed E-state index contributed by atoms with van der Waals surface area (Å²) in [6.07, 6.45) is 12.1. The Morgan fingerprint density at radius 2 is 1.50 bits per heavy atom. The van der Waals surface area contributed by atoms with E-state index in [0.717, 1.165) is 22.8 Å². The maximum absolute atomic E-state index is 4.98. The molecular weight excluding hydrogens is 487 g/mol. The zero-order valence-corrected chi connectivity index (χ0v) is 23.4. The van der Waals surface area contributed by atoms with Crippen molar-refractivity contribution in [2.45, 2.75) is 38.4 Å². The van der Waals surface area contributed by atoms with Gasteiger partial charge in [0.05, 0.1) is 0 Å². The van der Waals surface area contributed by atoms with Gasteiger partial charge in [0, 0.05) is 11.4 Å². The topological polar surface area (TPSA) is 17.3 Å². The van der Waals surface area contributed by atoms with E-state index in [0.29, 0.717) is 11.8 Å². The van der Waals surface area contributed by atoms with Crippen LogP contribution in [-0.4, -0.2) is 8.24 Å². The second kappa shape index (κ2) is 11.0. The molecule has 6 heteroatoms. The van der Waals surface area contributed by atoms with Crippen molar-refractivity contribution in [3.05, 3.63) is 85.6 Å². The average Bonchev–Trinajstić information content (AvgIpc) is 3.17. The summed E-state index contributed by atoms with van der Waals surface area (Å²) in [4.78, 5) is 0. The Morgan fingerprint density at radius 3 is 2.06 bits per heavy atom. The van der Waals surface area contributed by atoms with Gasteiger partial charge in [0.15, 0.2) is 8.24 Å². The number of benzene rings is 2. The van der Waals surface area contributed by atoms with Gasteiger partial charge in [-0.15, -0.1) is 11.4 Å². The second-order valence-electron chi connectivity index (χ2n) is 9.09. The molecule has 3 aliphatic rings. The van der Waals surface area contributed by atoms with Crippen molar-refractivity contribution in [2.75, 3.05) is 4.57 Å². The van der Waals surface area contributed by atoms with Crippen LogP contribution in [0.2, 0.25) is 18.6 Å². The van der Waals surface area contributed by atoms with Crippen LogP contribution in [0.4, 0.5) is 22.7 Å². The fraction of sp³-hybridized carbons (Fsp3) is 0.346. The number of nitrogens with zero attached hydrogens (tertiary/aromatic N) is 2. The third kappa shape index (κ3) is 4.65. The molecule has 4 unspecified atom stereocenters. The van der Waals surface area contributed by atoms with Crippen molar-refractivity contribution in [3.63, 3.8) is 0 Å². The Bertz CT molecular complexity index is 932. The summed E-state index contributed by atoms with van der Waals surface area (Å²) in [5.41, 5.74) is 5.56. The van der Waals surface area contributed by atoms with Gasteiger partial charge in [0.2, 0.25) is 0 Å². The molecular formula is C26H32Cl2N2SiTi-2. The van der Waals surface area contributed by atoms with Gasteiger partial charge in [-0.2, -0.15) is 0 Å². The van der Waals surface area contributed by atoms with Gasteiger partial charge in [0.25, 0.3) is 0 Å². The van der Waals surface area contributed by atoms with E-state index in [1.54, 1.807) is 0 Å². The molecule has 0 amide bonds. The van der Waals surface area contributed by atoms with Gasteiger partial charge in [-0.25, -0.2) is 0 Å². The Balaban J connectivity index is 0.000000686. The van der Waals surface area contributed by atoms with E-state index in [1.807, 2.05) is 0 Å². The molecule has 1 aliphatic heterocycles. The van der Waals surface area contributed by atoms with Crippen LogP contribution in [0, 0.1) is 25.2 Å². The van der Waals surface area contributed by atoms with Crippen molar-refractivity contribution in [2.24, 2.45) is 17.8 Å². The molecule has 0 spiro atoms. The number of hydrogen-bond acceptors (Lipinski definition) is 1. The van der Waals surface area contributed by atoms with Gasteiger partial charge in [-0.1, -0.05) is 87.1 Å². The predicted octanol–water partition coefficient (Wildman–Crippen LogP) is 9.67. The molecule has 2 aromatic carbocycles. The molecule has 1 saturated carbocycles. The Morgan fingerprint density at radius 1 is 0.969 bits per heavy atom. The molecule has 2 nitrogen and oxygen atoms in total. The summed E-state index contributed by atoms with van der Waals surface area (Å²) in [5.74, 6) is 2.18. The number of anilines is 2. The van der Waals surface area contributed by atoms with Gasteiger partial charge < -0.3 is 17.3 Å². The average molecular weight is 519 g/mol. The molecule has 0 aromatic heterocycles. The van der Waals surface area contributed by atoms with Crippen molar-refractivity contribution in [1.82, 2.24) is 0 Å². The van der Waals surface area contributed by atoms with Gasteiger partial charge >= 0.3 is 35.6 Å². The maximum atomic E-state index is 4.98. The normalized spacial score (nSPS) is 24.7. The zero-order chi connectivity index (χ0) is 22.0. The van der Waals surface area contributed by atoms with E-state index in [2.05, 4.69) is 97.4 Å². The van der Waals surface area contributed by atoms with Gasteiger partial charge in [-0.05, 0) is 41.8 Å². The van der Waals surface area contributed by atoms with Crippen LogP contribution < -0.4 is 4.57 Å². The summed E-state index contributed by atoms with van der Waals surface area (Å²) in [5, 5.41) is 4.98. The summed E-state index contributed by atoms with van der Waals surface area (Å²) >= 11 is -0.556.